The summed E-state index contributed by atoms with van der Waals surface area (Å²) in [5, 5.41) is 2.80. The highest BCUT2D eigenvalue weighted by Crippen LogP contribution is 2.29. The molecule has 0 unspecified atom stereocenters. The summed E-state index contributed by atoms with van der Waals surface area (Å²) in [5.41, 5.74) is 2.14. The first kappa shape index (κ1) is 16.3. The van der Waals surface area contributed by atoms with Crippen LogP contribution in [0, 0.1) is 5.82 Å². The number of hydrogen-bond donors (Lipinski definition) is 1. The molecule has 6 heteroatoms. The maximum atomic E-state index is 13.7. The largest absolute Gasteiger partial charge is 0.497 e. The van der Waals surface area contributed by atoms with E-state index in [0.29, 0.717) is 23.5 Å². The van der Waals surface area contributed by atoms with Gasteiger partial charge in [0, 0.05) is 17.7 Å². The van der Waals surface area contributed by atoms with E-state index in [1.807, 2.05) is 12.1 Å². The Bertz CT molecular complexity index is 731. The number of fused-ring (bicyclic) bond motifs is 1. The Kier molecular flexibility index (Phi) is 4.96. The second kappa shape index (κ2) is 7.31. The molecular weight excluding hydrogens is 313 g/mol. The van der Waals surface area contributed by atoms with Crippen molar-refractivity contribution in [2.75, 3.05) is 13.9 Å². The van der Waals surface area contributed by atoms with Crippen LogP contribution in [0.3, 0.4) is 0 Å². The zero-order valence-corrected chi connectivity index (χ0v) is 13.3. The van der Waals surface area contributed by atoms with Gasteiger partial charge < -0.3 is 19.5 Å². The smallest absolute Gasteiger partial charge is 0.224 e. The van der Waals surface area contributed by atoms with Gasteiger partial charge in [-0.1, -0.05) is 12.1 Å². The van der Waals surface area contributed by atoms with E-state index in [4.69, 9.17) is 14.2 Å². The van der Waals surface area contributed by atoms with Gasteiger partial charge in [0.05, 0.1) is 20.1 Å². The minimum Gasteiger partial charge on any atom is -0.497 e. The Morgan fingerprint density at radius 2 is 2.08 bits per heavy atom. The van der Waals surface area contributed by atoms with E-state index in [1.165, 1.54) is 12.1 Å². The third kappa shape index (κ3) is 3.83. The monoisotopic (exact) mass is 331 g/mol. The van der Waals surface area contributed by atoms with Crippen molar-refractivity contribution in [3.05, 3.63) is 58.9 Å². The van der Waals surface area contributed by atoms with Crippen LogP contribution >= 0.6 is 0 Å². The summed E-state index contributed by atoms with van der Waals surface area (Å²) < 4.78 is 29.3. The number of nitrogens with one attached hydrogen (secondary N) is 1. The van der Waals surface area contributed by atoms with E-state index < -0.39 is 0 Å². The van der Waals surface area contributed by atoms with E-state index in [9.17, 15) is 9.18 Å². The first-order chi connectivity index (χ1) is 11.7. The number of hydrogen-bond acceptors (Lipinski definition) is 4. The molecule has 1 amide bonds. The van der Waals surface area contributed by atoms with Gasteiger partial charge in [-0.25, -0.2) is 4.39 Å². The molecule has 1 aliphatic rings. The molecule has 1 heterocycles. The third-order valence-corrected chi connectivity index (χ3v) is 3.75. The van der Waals surface area contributed by atoms with Crippen LogP contribution in [0.2, 0.25) is 0 Å². The van der Waals surface area contributed by atoms with Crippen molar-refractivity contribution in [2.45, 2.75) is 19.6 Å². The number of amides is 1. The first-order valence-corrected chi connectivity index (χ1v) is 7.57. The van der Waals surface area contributed by atoms with Crippen LogP contribution in [-0.4, -0.2) is 19.8 Å². The summed E-state index contributed by atoms with van der Waals surface area (Å²) in [6, 6.07) is 10.0. The van der Waals surface area contributed by atoms with Crippen LogP contribution in [0.4, 0.5) is 4.39 Å². The van der Waals surface area contributed by atoms with Crippen LogP contribution in [0.15, 0.2) is 36.4 Å². The van der Waals surface area contributed by atoms with E-state index in [0.717, 1.165) is 11.3 Å². The molecule has 0 aliphatic carbocycles. The molecule has 0 spiro atoms. The minimum absolute atomic E-state index is 0.130. The van der Waals surface area contributed by atoms with Gasteiger partial charge in [-0.05, 0) is 29.8 Å². The molecule has 1 aliphatic heterocycles. The minimum atomic E-state index is -0.373. The second-order valence-electron chi connectivity index (χ2n) is 5.47. The molecule has 126 valence electrons. The normalized spacial score (nSPS) is 12.9. The molecule has 0 bridgehead atoms. The lowest BCUT2D eigenvalue weighted by molar-refractivity contribution is -0.120. The Morgan fingerprint density at radius 3 is 2.83 bits per heavy atom. The van der Waals surface area contributed by atoms with Crippen LogP contribution in [-0.2, 0) is 29.1 Å². The Morgan fingerprint density at radius 1 is 1.29 bits per heavy atom. The van der Waals surface area contributed by atoms with Gasteiger partial charge in [-0.15, -0.1) is 0 Å². The molecule has 5 nitrogen and oxygen atoms in total. The fourth-order valence-corrected chi connectivity index (χ4v) is 2.57. The average molecular weight is 331 g/mol. The summed E-state index contributed by atoms with van der Waals surface area (Å²) >= 11 is 0. The van der Waals surface area contributed by atoms with E-state index >= 15 is 0 Å². The third-order valence-electron chi connectivity index (χ3n) is 3.75. The molecule has 0 saturated carbocycles. The maximum Gasteiger partial charge on any atom is 0.224 e. The second-order valence-corrected chi connectivity index (χ2v) is 5.47. The summed E-state index contributed by atoms with van der Waals surface area (Å²) in [6.07, 6.45) is 0.242. The van der Waals surface area contributed by atoms with Gasteiger partial charge in [-0.2, -0.15) is 0 Å². The number of rotatable bonds is 5. The molecule has 0 atom stereocenters. The van der Waals surface area contributed by atoms with Crippen LogP contribution in [0.5, 0.6) is 11.5 Å². The maximum absolute atomic E-state index is 13.7. The molecule has 2 aromatic rings. The lowest BCUT2D eigenvalue weighted by Crippen LogP contribution is -2.25. The molecular formula is C18H18FNO4. The molecule has 1 N–H and O–H groups in total. The molecule has 24 heavy (non-hydrogen) atoms. The Labute approximate surface area is 139 Å². The van der Waals surface area contributed by atoms with Gasteiger partial charge in [-0.3, -0.25) is 4.79 Å². The topological polar surface area (TPSA) is 56.8 Å². The number of methoxy groups -OCH3 is 1. The number of halogens is 1. The highest BCUT2D eigenvalue weighted by Gasteiger charge is 2.17. The summed E-state index contributed by atoms with van der Waals surface area (Å²) in [7, 11) is 1.59. The highest BCUT2D eigenvalue weighted by atomic mass is 19.1. The number of carbonyl (C=O) groups is 1. The SMILES string of the molecule is COc1ccc(CC(=O)NCc2cc(F)cc3c2OCOC3)cc1. The van der Waals surface area contributed by atoms with Crippen LogP contribution in [0.1, 0.15) is 16.7 Å². The first-order valence-electron chi connectivity index (χ1n) is 7.57. The van der Waals surface area contributed by atoms with Crippen LogP contribution < -0.4 is 14.8 Å². The number of ether oxygens (including phenoxy) is 3. The van der Waals surface area contributed by atoms with Gasteiger partial charge in [0.2, 0.25) is 5.91 Å². The van der Waals surface area contributed by atoms with Gasteiger partial charge >= 0.3 is 0 Å². The molecule has 0 radical (unpaired) electrons. The van der Waals surface area contributed by atoms with Gasteiger partial charge in [0.15, 0.2) is 6.79 Å². The number of benzene rings is 2. The summed E-state index contributed by atoms with van der Waals surface area (Å²) in [6.45, 7) is 0.639. The molecule has 3 rings (SSSR count). The van der Waals surface area contributed by atoms with Gasteiger partial charge in [0.1, 0.15) is 17.3 Å². The van der Waals surface area contributed by atoms with Crippen molar-refractivity contribution in [1.29, 1.82) is 0 Å². The fourth-order valence-electron chi connectivity index (χ4n) is 2.57. The average Bonchev–Trinajstić information content (AvgIpc) is 2.60. The van der Waals surface area contributed by atoms with Crippen molar-refractivity contribution >= 4 is 5.91 Å². The van der Waals surface area contributed by atoms with Crippen molar-refractivity contribution in [3.8, 4) is 11.5 Å². The highest BCUT2D eigenvalue weighted by molar-refractivity contribution is 5.78. The van der Waals surface area contributed by atoms with E-state index in [2.05, 4.69) is 5.32 Å². The molecule has 0 saturated heterocycles. The van der Waals surface area contributed by atoms with E-state index in [1.54, 1.807) is 19.2 Å². The van der Waals surface area contributed by atoms with Crippen molar-refractivity contribution in [1.82, 2.24) is 5.32 Å². The quantitative estimate of drug-likeness (QED) is 0.915. The van der Waals surface area contributed by atoms with Crippen LogP contribution in [0.25, 0.3) is 0 Å². The molecule has 2 aromatic carbocycles. The zero-order chi connectivity index (χ0) is 16.9. The van der Waals surface area contributed by atoms with Gasteiger partial charge in [0.25, 0.3) is 0 Å². The van der Waals surface area contributed by atoms with E-state index in [-0.39, 0.29) is 31.5 Å². The lowest BCUT2D eigenvalue weighted by Gasteiger charge is -2.21. The van der Waals surface area contributed by atoms with Crippen molar-refractivity contribution in [2.24, 2.45) is 0 Å². The van der Waals surface area contributed by atoms with Crippen molar-refractivity contribution in [3.63, 3.8) is 0 Å². The molecule has 0 fully saturated rings. The lowest BCUT2D eigenvalue weighted by atomic mass is 10.1. The standard InChI is InChI=1S/C18H18FNO4/c1-22-16-4-2-12(3-5-16)6-17(21)20-9-13-7-15(19)8-14-10-23-11-24-18(13)14/h2-5,7-8H,6,9-11H2,1H3,(H,20,21). The fraction of sp³-hybridized carbons (Fsp3) is 0.278. The predicted molar refractivity (Wildman–Crippen MR) is 85.2 cm³/mol. The Balaban J connectivity index is 1.62. The Hall–Kier alpha value is -2.60. The molecule has 0 aromatic heterocycles. The summed E-state index contributed by atoms with van der Waals surface area (Å²) in [4.78, 5) is 12.1. The number of carbonyl (C=O) groups excluding carboxylic acids is 1. The summed E-state index contributed by atoms with van der Waals surface area (Å²) in [5.74, 6) is 0.810. The zero-order valence-electron chi connectivity index (χ0n) is 13.3. The predicted octanol–water partition coefficient (Wildman–Crippen LogP) is 2.56. The van der Waals surface area contributed by atoms with Crippen molar-refractivity contribution < 1.29 is 23.4 Å².